The Labute approximate surface area is 86.7 Å². The maximum Gasteiger partial charge on any atom is 0.0576 e. The molecule has 1 aliphatic heterocycles. The van der Waals surface area contributed by atoms with Crippen molar-refractivity contribution in [3.63, 3.8) is 0 Å². The van der Waals surface area contributed by atoms with E-state index in [-0.39, 0.29) is 0 Å². The van der Waals surface area contributed by atoms with Crippen LogP contribution in [0.2, 0.25) is 0 Å². The lowest BCUT2D eigenvalue weighted by Crippen LogP contribution is -2.34. The van der Waals surface area contributed by atoms with Gasteiger partial charge in [0, 0.05) is 12.6 Å². The minimum absolute atomic E-state index is 0.296. The normalized spacial score (nSPS) is 23.5. The zero-order valence-corrected chi connectivity index (χ0v) is 9.25. The number of hydrogen-bond donors (Lipinski definition) is 2. The number of nitrogens with one attached hydrogen (secondary N) is 1. The quantitative estimate of drug-likeness (QED) is 0.402. The molecule has 0 radical (unpaired) electrons. The Morgan fingerprint density at radius 1 is 1.64 bits per heavy atom. The van der Waals surface area contributed by atoms with Gasteiger partial charge in [-0.05, 0) is 39.5 Å². The molecule has 3 heteroatoms. The van der Waals surface area contributed by atoms with Crippen LogP contribution >= 0.6 is 0 Å². The van der Waals surface area contributed by atoms with Gasteiger partial charge in [0.15, 0.2) is 0 Å². The summed E-state index contributed by atoms with van der Waals surface area (Å²) in [5.41, 5.74) is 4.13. The Kier molecular flexibility index (Phi) is 5.15. The number of allylic oxidation sites excluding steroid dienone is 1. The van der Waals surface area contributed by atoms with E-state index >= 15 is 0 Å². The standard InChI is InChI=1S/C11H22N2O/c1-9(2)8-10(13-12)5-6-11-4-3-7-14-11/h8,10-11,13H,3-7,12H2,1-2H3. The van der Waals surface area contributed by atoms with Crippen molar-refractivity contribution in [2.24, 2.45) is 5.84 Å². The van der Waals surface area contributed by atoms with Crippen molar-refractivity contribution in [1.82, 2.24) is 5.43 Å². The van der Waals surface area contributed by atoms with Gasteiger partial charge in [-0.2, -0.15) is 0 Å². The van der Waals surface area contributed by atoms with Gasteiger partial charge in [-0.3, -0.25) is 11.3 Å². The lowest BCUT2D eigenvalue weighted by molar-refractivity contribution is 0.101. The van der Waals surface area contributed by atoms with Crippen LogP contribution in [0.25, 0.3) is 0 Å². The van der Waals surface area contributed by atoms with Crippen LogP contribution in [0.1, 0.15) is 39.5 Å². The predicted molar refractivity (Wildman–Crippen MR) is 58.8 cm³/mol. The molecule has 0 spiro atoms. The van der Waals surface area contributed by atoms with Gasteiger partial charge in [0.2, 0.25) is 0 Å². The fourth-order valence-corrected chi connectivity index (χ4v) is 1.85. The summed E-state index contributed by atoms with van der Waals surface area (Å²) < 4.78 is 5.56. The first-order chi connectivity index (χ1) is 6.72. The maximum absolute atomic E-state index is 5.56. The summed E-state index contributed by atoms with van der Waals surface area (Å²) in [5.74, 6) is 5.47. The van der Waals surface area contributed by atoms with E-state index in [2.05, 4.69) is 25.3 Å². The molecule has 0 aromatic carbocycles. The van der Waals surface area contributed by atoms with Crippen molar-refractivity contribution >= 4 is 0 Å². The van der Waals surface area contributed by atoms with Crippen LogP contribution in [0.3, 0.4) is 0 Å². The van der Waals surface area contributed by atoms with Gasteiger partial charge in [-0.15, -0.1) is 0 Å². The summed E-state index contributed by atoms with van der Waals surface area (Å²) >= 11 is 0. The monoisotopic (exact) mass is 198 g/mol. The van der Waals surface area contributed by atoms with Crippen LogP contribution in [0.5, 0.6) is 0 Å². The van der Waals surface area contributed by atoms with Crippen molar-refractivity contribution in [3.05, 3.63) is 11.6 Å². The van der Waals surface area contributed by atoms with Crippen molar-refractivity contribution in [3.8, 4) is 0 Å². The average molecular weight is 198 g/mol. The zero-order valence-electron chi connectivity index (χ0n) is 9.25. The van der Waals surface area contributed by atoms with E-state index < -0.39 is 0 Å². The van der Waals surface area contributed by atoms with Crippen molar-refractivity contribution in [1.29, 1.82) is 0 Å². The summed E-state index contributed by atoms with van der Waals surface area (Å²) in [6.07, 6.45) is 7.25. The SMILES string of the molecule is CC(C)=CC(CCC1CCCO1)NN. The minimum atomic E-state index is 0.296. The van der Waals surface area contributed by atoms with E-state index in [4.69, 9.17) is 10.6 Å². The third-order valence-electron chi connectivity index (χ3n) is 2.57. The first-order valence-electron chi connectivity index (χ1n) is 5.45. The van der Waals surface area contributed by atoms with E-state index in [1.165, 1.54) is 18.4 Å². The van der Waals surface area contributed by atoms with Gasteiger partial charge in [0.1, 0.15) is 0 Å². The van der Waals surface area contributed by atoms with E-state index in [0.29, 0.717) is 12.1 Å². The smallest absolute Gasteiger partial charge is 0.0576 e. The maximum atomic E-state index is 5.56. The second-order valence-electron chi connectivity index (χ2n) is 4.23. The highest BCUT2D eigenvalue weighted by Gasteiger charge is 2.16. The lowest BCUT2D eigenvalue weighted by atomic mass is 10.0. The highest BCUT2D eigenvalue weighted by atomic mass is 16.5. The molecule has 1 rings (SSSR count). The highest BCUT2D eigenvalue weighted by Crippen LogP contribution is 2.18. The summed E-state index contributed by atoms with van der Waals surface area (Å²) in [6, 6.07) is 0.296. The van der Waals surface area contributed by atoms with Crippen LogP contribution < -0.4 is 11.3 Å². The van der Waals surface area contributed by atoms with Crippen LogP contribution in [-0.4, -0.2) is 18.8 Å². The fourth-order valence-electron chi connectivity index (χ4n) is 1.85. The molecule has 14 heavy (non-hydrogen) atoms. The number of hydrogen-bond acceptors (Lipinski definition) is 3. The molecule has 1 saturated heterocycles. The molecule has 0 bridgehead atoms. The summed E-state index contributed by atoms with van der Waals surface area (Å²) in [4.78, 5) is 0. The van der Waals surface area contributed by atoms with Gasteiger partial charge in [0.25, 0.3) is 0 Å². The summed E-state index contributed by atoms with van der Waals surface area (Å²) in [5, 5.41) is 0. The molecule has 2 atom stereocenters. The molecule has 0 aromatic rings. The molecule has 3 N–H and O–H groups in total. The van der Waals surface area contributed by atoms with E-state index in [0.717, 1.165) is 19.4 Å². The number of hydrazine groups is 1. The molecule has 2 unspecified atom stereocenters. The molecule has 0 saturated carbocycles. The molecular weight excluding hydrogens is 176 g/mol. The predicted octanol–water partition coefficient (Wildman–Crippen LogP) is 1.74. The second kappa shape index (κ2) is 6.17. The third-order valence-corrected chi connectivity index (χ3v) is 2.57. The van der Waals surface area contributed by atoms with Gasteiger partial charge in [-0.25, -0.2) is 0 Å². The molecule has 0 aromatic heterocycles. The molecule has 1 aliphatic rings. The largest absolute Gasteiger partial charge is 0.378 e. The second-order valence-corrected chi connectivity index (χ2v) is 4.23. The minimum Gasteiger partial charge on any atom is -0.378 e. The molecule has 82 valence electrons. The van der Waals surface area contributed by atoms with Crippen molar-refractivity contribution in [2.75, 3.05) is 6.61 Å². The van der Waals surface area contributed by atoms with Crippen molar-refractivity contribution in [2.45, 2.75) is 51.7 Å². The zero-order chi connectivity index (χ0) is 10.4. The summed E-state index contributed by atoms with van der Waals surface area (Å²) in [7, 11) is 0. The van der Waals surface area contributed by atoms with Gasteiger partial charge >= 0.3 is 0 Å². The van der Waals surface area contributed by atoms with Gasteiger partial charge in [0.05, 0.1) is 6.10 Å². The lowest BCUT2D eigenvalue weighted by Gasteiger charge is -2.15. The van der Waals surface area contributed by atoms with E-state index in [1.54, 1.807) is 0 Å². The van der Waals surface area contributed by atoms with Crippen molar-refractivity contribution < 1.29 is 4.74 Å². The first kappa shape index (κ1) is 11.7. The highest BCUT2D eigenvalue weighted by molar-refractivity contribution is 5.00. The molecule has 3 nitrogen and oxygen atoms in total. The van der Waals surface area contributed by atoms with Gasteiger partial charge in [-0.1, -0.05) is 11.6 Å². The van der Waals surface area contributed by atoms with E-state index in [1.807, 2.05) is 0 Å². The third kappa shape index (κ3) is 4.22. The Hall–Kier alpha value is -0.380. The molecule has 0 aliphatic carbocycles. The Morgan fingerprint density at radius 2 is 2.43 bits per heavy atom. The fraction of sp³-hybridized carbons (Fsp3) is 0.818. The van der Waals surface area contributed by atoms with Gasteiger partial charge < -0.3 is 4.74 Å². The number of ether oxygens (including phenoxy) is 1. The van der Waals surface area contributed by atoms with Crippen LogP contribution in [0.4, 0.5) is 0 Å². The first-order valence-corrected chi connectivity index (χ1v) is 5.45. The van der Waals surface area contributed by atoms with Crippen LogP contribution in [0, 0.1) is 0 Å². The molecule has 1 heterocycles. The average Bonchev–Trinajstić information content (AvgIpc) is 2.64. The van der Waals surface area contributed by atoms with E-state index in [9.17, 15) is 0 Å². The van der Waals surface area contributed by atoms with Crippen LogP contribution in [-0.2, 0) is 4.74 Å². The number of nitrogens with two attached hydrogens (primary N) is 1. The summed E-state index contributed by atoms with van der Waals surface area (Å²) in [6.45, 7) is 5.13. The molecule has 0 amide bonds. The number of rotatable bonds is 5. The molecule has 1 fully saturated rings. The topological polar surface area (TPSA) is 47.3 Å². The molecular formula is C11H22N2O. The van der Waals surface area contributed by atoms with Crippen LogP contribution in [0.15, 0.2) is 11.6 Å². The Balaban J connectivity index is 2.22. The Morgan fingerprint density at radius 3 is 2.93 bits per heavy atom. The Bertz CT molecular complexity index is 182.